The van der Waals surface area contributed by atoms with E-state index in [1.54, 1.807) is 0 Å². The van der Waals surface area contributed by atoms with Gasteiger partial charge in [0.25, 0.3) is 0 Å². The van der Waals surface area contributed by atoms with Crippen LogP contribution in [0.4, 0.5) is 0 Å². The third kappa shape index (κ3) is 2.16. The molecule has 0 aliphatic heterocycles. The highest BCUT2D eigenvalue weighted by molar-refractivity contribution is 9.10. The fraction of sp³-hybridized carbons (Fsp3) is 0.308. The van der Waals surface area contributed by atoms with Gasteiger partial charge in [0, 0.05) is 10.4 Å². The average molecular weight is 303 g/mol. The fourth-order valence-corrected chi connectivity index (χ4v) is 2.30. The number of halogens is 1. The lowest BCUT2D eigenvalue weighted by Gasteiger charge is -2.05. The molecule has 18 heavy (non-hydrogen) atoms. The molecular weight excluding hydrogens is 292 g/mol. The molecule has 4 nitrogen and oxygen atoms in total. The van der Waals surface area contributed by atoms with Crippen LogP contribution in [0.15, 0.2) is 28.7 Å². The molecule has 0 saturated heterocycles. The van der Waals surface area contributed by atoms with Gasteiger partial charge in [-0.3, -0.25) is 0 Å². The second-order valence-electron chi connectivity index (χ2n) is 4.49. The first-order valence-corrected chi connectivity index (χ1v) is 6.65. The highest BCUT2D eigenvalue weighted by Crippen LogP contribution is 2.41. The molecule has 0 N–H and O–H groups in total. The lowest BCUT2D eigenvalue weighted by Crippen LogP contribution is -2.06. The first kappa shape index (κ1) is 11.4. The van der Waals surface area contributed by atoms with Gasteiger partial charge in [-0.1, -0.05) is 33.3 Å². The highest BCUT2D eigenvalue weighted by atomic mass is 79.9. The SMILES string of the molecule is N#Cc1nnn(Cc2ccc(Br)cc2)c1C1CC1. The van der Waals surface area contributed by atoms with E-state index >= 15 is 0 Å². The van der Waals surface area contributed by atoms with Crippen molar-refractivity contribution in [3.05, 3.63) is 45.7 Å². The Hall–Kier alpha value is -1.67. The van der Waals surface area contributed by atoms with E-state index in [0.29, 0.717) is 18.2 Å². The molecule has 0 radical (unpaired) electrons. The first-order valence-electron chi connectivity index (χ1n) is 5.86. The van der Waals surface area contributed by atoms with Gasteiger partial charge in [0.2, 0.25) is 0 Å². The largest absolute Gasteiger partial charge is 0.243 e. The van der Waals surface area contributed by atoms with E-state index in [-0.39, 0.29) is 0 Å². The van der Waals surface area contributed by atoms with Gasteiger partial charge >= 0.3 is 0 Å². The zero-order valence-corrected chi connectivity index (χ0v) is 11.3. The molecule has 0 amide bonds. The molecule has 1 aromatic heterocycles. The van der Waals surface area contributed by atoms with E-state index in [1.807, 2.05) is 16.8 Å². The van der Waals surface area contributed by atoms with Crippen molar-refractivity contribution in [1.82, 2.24) is 15.0 Å². The molecule has 1 aliphatic carbocycles. The summed E-state index contributed by atoms with van der Waals surface area (Å²) in [5.74, 6) is 0.477. The zero-order chi connectivity index (χ0) is 12.5. The molecule has 1 heterocycles. The minimum Gasteiger partial charge on any atom is -0.243 e. The van der Waals surface area contributed by atoms with Crippen molar-refractivity contribution < 1.29 is 0 Å². The third-order valence-electron chi connectivity index (χ3n) is 3.09. The van der Waals surface area contributed by atoms with Gasteiger partial charge in [-0.15, -0.1) is 5.10 Å². The number of nitriles is 1. The number of hydrogen-bond donors (Lipinski definition) is 0. The van der Waals surface area contributed by atoms with E-state index in [9.17, 15) is 0 Å². The molecule has 0 atom stereocenters. The van der Waals surface area contributed by atoms with Crippen molar-refractivity contribution in [2.45, 2.75) is 25.3 Å². The summed E-state index contributed by atoms with van der Waals surface area (Å²) < 4.78 is 2.92. The Balaban J connectivity index is 1.91. The number of nitrogens with zero attached hydrogens (tertiary/aromatic N) is 4. The van der Waals surface area contributed by atoms with E-state index in [2.05, 4.69) is 44.4 Å². The topological polar surface area (TPSA) is 54.5 Å². The summed E-state index contributed by atoms with van der Waals surface area (Å²) in [5, 5.41) is 17.1. The number of benzene rings is 1. The van der Waals surface area contributed by atoms with Gasteiger partial charge < -0.3 is 0 Å². The molecule has 0 unspecified atom stereocenters. The Kier molecular flexibility index (Phi) is 2.88. The molecule has 1 aliphatic rings. The number of hydrogen-bond acceptors (Lipinski definition) is 3. The molecule has 1 saturated carbocycles. The lowest BCUT2D eigenvalue weighted by molar-refractivity contribution is 0.619. The highest BCUT2D eigenvalue weighted by Gasteiger charge is 2.31. The molecule has 5 heteroatoms. The maximum absolute atomic E-state index is 9.04. The van der Waals surface area contributed by atoms with Gasteiger partial charge in [0.1, 0.15) is 6.07 Å². The van der Waals surface area contributed by atoms with E-state index in [4.69, 9.17) is 5.26 Å². The van der Waals surface area contributed by atoms with Crippen LogP contribution in [0, 0.1) is 11.3 Å². The van der Waals surface area contributed by atoms with Crippen LogP contribution < -0.4 is 0 Å². The summed E-state index contributed by atoms with van der Waals surface area (Å²) in [5.41, 5.74) is 2.64. The van der Waals surface area contributed by atoms with Crippen LogP contribution in [0.1, 0.15) is 35.7 Å². The Morgan fingerprint density at radius 1 is 1.33 bits per heavy atom. The average Bonchev–Trinajstić information content (AvgIpc) is 3.14. The normalized spacial score (nSPS) is 14.4. The maximum Gasteiger partial charge on any atom is 0.186 e. The van der Waals surface area contributed by atoms with Crippen molar-refractivity contribution in [3.8, 4) is 6.07 Å². The molecule has 0 bridgehead atoms. The van der Waals surface area contributed by atoms with E-state index in [0.717, 1.165) is 28.6 Å². The van der Waals surface area contributed by atoms with Crippen LogP contribution in [0.2, 0.25) is 0 Å². The third-order valence-corrected chi connectivity index (χ3v) is 3.62. The van der Waals surface area contributed by atoms with Crippen molar-refractivity contribution in [2.24, 2.45) is 0 Å². The Morgan fingerprint density at radius 2 is 2.06 bits per heavy atom. The second kappa shape index (κ2) is 4.54. The Morgan fingerprint density at radius 3 is 2.67 bits per heavy atom. The van der Waals surface area contributed by atoms with Crippen LogP contribution >= 0.6 is 15.9 Å². The predicted octanol–water partition coefficient (Wildman–Crippen LogP) is 2.84. The van der Waals surface area contributed by atoms with Crippen molar-refractivity contribution in [3.63, 3.8) is 0 Å². The van der Waals surface area contributed by atoms with Crippen LogP contribution in [0.25, 0.3) is 0 Å². The molecule has 90 valence electrons. The summed E-state index contributed by atoms with van der Waals surface area (Å²) in [6, 6.07) is 10.2. The molecule has 0 spiro atoms. The zero-order valence-electron chi connectivity index (χ0n) is 9.67. The quantitative estimate of drug-likeness (QED) is 0.876. The van der Waals surface area contributed by atoms with Crippen LogP contribution in [-0.4, -0.2) is 15.0 Å². The summed E-state index contributed by atoms with van der Waals surface area (Å²) in [6.07, 6.45) is 2.28. The standard InChI is InChI=1S/C13H11BrN4/c14-11-5-1-9(2-6-11)8-18-13(10-3-4-10)12(7-15)16-17-18/h1-2,5-6,10H,3-4,8H2. The number of rotatable bonds is 3. The van der Waals surface area contributed by atoms with E-state index in [1.165, 1.54) is 0 Å². The predicted molar refractivity (Wildman–Crippen MR) is 70.0 cm³/mol. The summed E-state index contributed by atoms with van der Waals surface area (Å²) in [7, 11) is 0. The van der Waals surface area contributed by atoms with Gasteiger partial charge in [-0.25, -0.2) is 4.68 Å². The fourth-order valence-electron chi connectivity index (χ4n) is 2.04. The summed E-state index contributed by atoms with van der Waals surface area (Å²) in [4.78, 5) is 0. The Labute approximate surface area is 113 Å². The lowest BCUT2D eigenvalue weighted by atomic mass is 10.2. The van der Waals surface area contributed by atoms with Gasteiger partial charge in [-0.05, 0) is 30.5 Å². The van der Waals surface area contributed by atoms with Crippen LogP contribution in [-0.2, 0) is 6.54 Å². The smallest absolute Gasteiger partial charge is 0.186 e. The van der Waals surface area contributed by atoms with Crippen molar-refractivity contribution >= 4 is 15.9 Å². The molecule has 3 rings (SSSR count). The van der Waals surface area contributed by atoms with Crippen LogP contribution in [0.3, 0.4) is 0 Å². The first-order chi connectivity index (χ1) is 8.78. The van der Waals surface area contributed by atoms with Crippen LogP contribution in [0.5, 0.6) is 0 Å². The summed E-state index contributed by atoms with van der Waals surface area (Å²) >= 11 is 3.42. The monoisotopic (exact) mass is 302 g/mol. The van der Waals surface area contributed by atoms with Crippen molar-refractivity contribution in [1.29, 1.82) is 5.26 Å². The summed E-state index contributed by atoms with van der Waals surface area (Å²) in [6.45, 7) is 0.674. The number of aromatic nitrogens is 3. The minimum atomic E-state index is 0.477. The minimum absolute atomic E-state index is 0.477. The maximum atomic E-state index is 9.04. The molecule has 1 aromatic carbocycles. The second-order valence-corrected chi connectivity index (χ2v) is 5.41. The van der Waals surface area contributed by atoms with Crippen molar-refractivity contribution in [2.75, 3.05) is 0 Å². The van der Waals surface area contributed by atoms with Gasteiger partial charge in [0.15, 0.2) is 5.69 Å². The molecule has 1 fully saturated rings. The Bertz CT molecular complexity index is 605. The van der Waals surface area contributed by atoms with E-state index < -0.39 is 0 Å². The van der Waals surface area contributed by atoms with Gasteiger partial charge in [-0.2, -0.15) is 5.26 Å². The van der Waals surface area contributed by atoms with Gasteiger partial charge in [0.05, 0.1) is 12.2 Å². The molecular formula is C13H11BrN4. The molecule has 2 aromatic rings.